The molecule has 1 aliphatic heterocycles. The molecule has 0 saturated carbocycles. The van der Waals surface area contributed by atoms with Gasteiger partial charge in [-0.05, 0) is 43.5 Å². The van der Waals surface area contributed by atoms with Gasteiger partial charge in [0.05, 0.1) is 6.10 Å². The van der Waals surface area contributed by atoms with E-state index in [9.17, 15) is 4.79 Å². The van der Waals surface area contributed by atoms with Crippen molar-refractivity contribution >= 4 is 21.9 Å². The van der Waals surface area contributed by atoms with Gasteiger partial charge in [0.1, 0.15) is 12.4 Å². The number of hydrogen-bond donors (Lipinski definition) is 0. The first-order valence-electron chi connectivity index (χ1n) is 6.31. The number of ether oxygens (including phenoxy) is 3. The van der Waals surface area contributed by atoms with Crippen molar-refractivity contribution in [2.45, 2.75) is 25.9 Å². The van der Waals surface area contributed by atoms with Gasteiger partial charge in [-0.2, -0.15) is 0 Å². The Morgan fingerprint density at radius 2 is 2.37 bits per heavy atom. The molecule has 1 heterocycles. The van der Waals surface area contributed by atoms with Crippen LogP contribution in [0.5, 0.6) is 5.75 Å². The minimum atomic E-state index is -0.363. The summed E-state index contributed by atoms with van der Waals surface area (Å²) in [6, 6.07) is 5.64. The lowest BCUT2D eigenvalue weighted by Crippen LogP contribution is -2.21. The molecule has 0 bridgehead atoms. The molecular formula is C14H17BrO4. The Labute approximate surface area is 121 Å². The molecule has 1 aromatic rings. The second kappa shape index (κ2) is 6.91. The van der Waals surface area contributed by atoms with E-state index in [0.717, 1.165) is 29.5 Å². The molecule has 0 amide bonds. The molecule has 4 nitrogen and oxygen atoms in total. The van der Waals surface area contributed by atoms with E-state index in [1.54, 1.807) is 0 Å². The van der Waals surface area contributed by atoms with Gasteiger partial charge in [-0.3, -0.25) is 0 Å². The SMILES string of the molecule is Cc1cc(Br)ccc1OCC(=O)OCC1CCCO1. The Hall–Kier alpha value is -1.07. The number of hydrogen-bond acceptors (Lipinski definition) is 4. The van der Waals surface area contributed by atoms with Crippen LogP contribution in [0.2, 0.25) is 0 Å². The molecule has 0 spiro atoms. The lowest BCUT2D eigenvalue weighted by molar-refractivity contribution is -0.149. The molecule has 0 N–H and O–H groups in total. The summed E-state index contributed by atoms with van der Waals surface area (Å²) in [7, 11) is 0. The predicted molar refractivity (Wildman–Crippen MR) is 74.3 cm³/mol. The van der Waals surface area contributed by atoms with E-state index in [1.165, 1.54) is 0 Å². The smallest absolute Gasteiger partial charge is 0.344 e. The van der Waals surface area contributed by atoms with E-state index in [-0.39, 0.29) is 18.7 Å². The second-order valence-electron chi connectivity index (χ2n) is 4.52. The van der Waals surface area contributed by atoms with Crippen molar-refractivity contribution in [3.8, 4) is 5.75 Å². The van der Waals surface area contributed by atoms with Crippen LogP contribution in [0.1, 0.15) is 18.4 Å². The second-order valence-corrected chi connectivity index (χ2v) is 5.43. The maximum absolute atomic E-state index is 11.5. The third-order valence-electron chi connectivity index (χ3n) is 2.94. The summed E-state index contributed by atoms with van der Waals surface area (Å²) in [6.07, 6.45) is 2.05. The van der Waals surface area contributed by atoms with Gasteiger partial charge in [0.2, 0.25) is 0 Å². The molecule has 104 valence electrons. The Morgan fingerprint density at radius 1 is 1.53 bits per heavy atom. The first-order valence-corrected chi connectivity index (χ1v) is 7.10. The number of carbonyl (C=O) groups excluding carboxylic acids is 1. The molecular weight excluding hydrogens is 312 g/mol. The third-order valence-corrected chi connectivity index (χ3v) is 3.43. The number of benzene rings is 1. The zero-order valence-corrected chi connectivity index (χ0v) is 12.4. The van der Waals surface area contributed by atoms with Gasteiger partial charge < -0.3 is 14.2 Å². The van der Waals surface area contributed by atoms with Crippen LogP contribution in [0.4, 0.5) is 0 Å². The number of rotatable bonds is 5. The highest BCUT2D eigenvalue weighted by Gasteiger charge is 2.17. The maximum atomic E-state index is 11.5. The Balaban J connectivity index is 1.73. The van der Waals surface area contributed by atoms with Crippen LogP contribution in [0, 0.1) is 6.92 Å². The van der Waals surface area contributed by atoms with Gasteiger partial charge in [0.25, 0.3) is 0 Å². The van der Waals surface area contributed by atoms with E-state index >= 15 is 0 Å². The van der Waals surface area contributed by atoms with Crippen molar-refractivity contribution in [1.82, 2.24) is 0 Å². The summed E-state index contributed by atoms with van der Waals surface area (Å²) < 4.78 is 16.9. The number of aryl methyl sites for hydroxylation is 1. The first-order chi connectivity index (χ1) is 9.15. The Kier molecular flexibility index (Phi) is 5.22. The fourth-order valence-corrected chi connectivity index (χ4v) is 2.39. The molecule has 1 aliphatic rings. The van der Waals surface area contributed by atoms with Crippen molar-refractivity contribution < 1.29 is 19.0 Å². The van der Waals surface area contributed by atoms with Crippen LogP contribution in [-0.4, -0.2) is 31.9 Å². The van der Waals surface area contributed by atoms with E-state index in [4.69, 9.17) is 14.2 Å². The molecule has 0 aliphatic carbocycles. The van der Waals surface area contributed by atoms with Gasteiger partial charge in [0.15, 0.2) is 6.61 Å². The molecule has 1 unspecified atom stereocenters. The maximum Gasteiger partial charge on any atom is 0.344 e. The largest absolute Gasteiger partial charge is 0.482 e. The van der Waals surface area contributed by atoms with Crippen molar-refractivity contribution in [2.75, 3.05) is 19.8 Å². The molecule has 0 radical (unpaired) electrons. The molecule has 1 atom stereocenters. The van der Waals surface area contributed by atoms with Crippen LogP contribution in [0.3, 0.4) is 0 Å². The average molecular weight is 329 g/mol. The van der Waals surface area contributed by atoms with Crippen LogP contribution in [-0.2, 0) is 14.3 Å². The standard InChI is InChI=1S/C14H17BrO4/c1-10-7-11(15)4-5-13(10)18-9-14(16)19-8-12-3-2-6-17-12/h4-5,7,12H,2-3,6,8-9H2,1H3. The first kappa shape index (κ1) is 14.3. The minimum absolute atomic E-state index is 0.0540. The quantitative estimate of drug-likeness (QED) is 0.779. The minimum Gasteiger partial charge on any atom is -0.482 e. The van der Waals surface area contributed by atoms with Crippen molar-refractivity contribution in [1.29, 1.82) is 0 Å². The topological polar surface area (TPSA) is 44.8 Å². The van der Waals surface area contributed by atoms with Crippen molar-refractivity contribution in [3.63, 3.8) is 0 Å². The lowest BCUT2D eigenvalue weighted by atomic mass is 10.2. The zero-order valence-electron chi connectivity index (χ0n) is 10.9. The molecule has 0 aromatic heterocycles. The van der Waals surface area contributed by atoms with Crippen molar-refractivity contribution in [3.05, 3.63) is 28.2 Å². The summed E-state index contributed by atoms with van der Waals surface area (Å²) in [4.78, 5) is 11.5. The van der Waals surface area contributed by atoms with Crippen LogP contribution < -0.4 is 4.74 Å². The van der Waals surface area contributed by atoms with Gasteiger partial charge >= 0.3 is 5.97 Å². The van der Waals surface area contributed by atoms with E-state index < -0.39 is 0 Å². The van der Waals surface area contributed by atoms with Crippen LogP contribution in [0.15, 0.2) is 22.7 Å². The van der Waals surface area contributed by atoms with Crippen LogP contribution in [0.25, 0.3) is 0 Å². The highest BCUT2D eigenvalue weighted by molar-refractivity contribution is 9.10. The van der Waals surface area contributed by atoms with E-state index in [1.807, 2.05) is 25.1 Å². The van der Waals surface area contributed by atoms with E-state index in [2.05, 4.69) is 15.9 Å². The summed E-state index contributed by atoms with van der Waals surface area (Å²) in [5.41, 5.74) is 0.973. The predicted octanol–water partition coefficient (Wildman–Crippen LogP) is 2.86. The molecule has 2 rings (SSSR count). The van der Waals surface area contributed by atoms with E-state index in [0.29, 0.717) is 12.4 Å². The highest BCUT2D eigenvalue weighted by atomic mass is 79.9. The van der Waals surface area contributed by atoms with Gasteiger partial charge in [-0.15, -0.1) is 0 Å². The average Bonchev–Trinajstić information content (AvgIpc) is 2.88. The summed E-state index contributed by atoms with van der Waals surface area (Å²) in [5, 5.41) is 0. The van der Waals surface area contributed by atoms with Gasteiger partial charge in [-0.1, -0.05) is 15.9 Å². The summed E-state index contributed by atoms with van der Waals surface area (Å²) >= 11 is 3.38. The normalized spacial score (nSPS) is 18.3. The molecule has 1 fully saturated rings. The lowest BCUT2D eigenvalue weighted by Gasteiger charge is -2.12. The monoisotopic (exact) mass is 328 g/mol. The summed E-state index contributed by atoms with van der Waals surface area (Å²) in [6.45, 7) is 2.94. The molecule has 19 heavy (non-hydrogen) atoms. The van der Waals surface area contributed by atoms with Crippen molar-refractivity contribution in [2.24, 2.45) is 0 Å². The molecule has 1 saturated heterocycles. The highest BCUT2D eigenvalue weighted by Crippen LogP contribution is 2.22. The van der Waals surface area contributed by atoms with Gasteiger partial charge in [0, 0.05) is 11.1 Å². The number of halogens is 1. The number of esters is 1. The third kappa shape index (κ3) is 4.51. The molecule has 5 heteroatoms. The van der Waals surface area contributed by atoms with Crippen LogP contribution >= 0.6 is 15.9 Å². The fraction of sp³-hybridized carbons (Fsp3) is 0.500. The zero-order chi connectivity index (χ0) is 13.7. The number of carbonyl (C=O) groups is 1. The molecule has 1 aromatic carbocycles. The summed E-state index contributed by atoms with van der Waals surface area (Å²) in [5.74, 6) is 0.329. The van der Waals surface area contributed by atoms with Gasteiger partial charge in [-0.25, -0.2) is 4.79 Å². The Morgan fingerprint density at radius 3 is 3.05 bits per heavy atom. The Bertz CT molecular complexity index is 441. The fourth-order valence-electron chi connectivity index (χ4n) is 1.91.